The molecule has 0 aliphatic carbocycles. The molecule has 1 unspecified atom stereocenters. The summed E-state index contributed by atoms with van der Waals surface area (Å²) >= 11 is 0. The van der Waals surface area contributed by atoms with E-state index in [2.05, 4.69) is 41.7 Å². The van der Waals surface area contributed by atoms with Crippen LogP contribution in [0.2, 0.25) is 0 Å². The van der Waals surface area contributed by atoms with Crippen LogP contribution in [0.25, 0.3) is 0 Å². The molecule has 6 nitrogen and oxygen atoms in total. The summed E-state index contributed by atoms with van der Waals surface area (Å²) in [6, 6.07) is 0.342. The average molecular weight is 259 g/mol. The first-order valence-corrected chi connectivity index (χ1v) is 6.60. The average Bonchev–Trinajstić information content (AvgIpc) is 2.34. The normalized spacial score (nSPS) is 13.8. The highest BCUT2D eigenvalue weighted by Gasteiger charge is 2.04. The van der Waals surface area contributed by atoms with Crippen LogP contribution in [-0.4, -0.2) is 57.3 Å². The van der Waals surface area contributed by atoms with Gasteiger partial charge in [-0.05, 0) is 47.3 Å². The lowest BCUT2D eigenvalue weighted by Crippen LogP contribution is -2.46. The van der Waals surface area contributed by atoms with Gasteiger partial charge in [0.1, 0.15) is 0 Å². The number of aliphatic imine (C=N–C) groups is 1. The van der Waals surface area contributed by atoms with E-state index in [9.17, 15) is 0 Å². The van der Waals surface area contributed by atoms with Gasteiger partial charge < -0.3 is 15.0 Å². The fourth-order valence-electron chi connectivity index (χ4n) is 1.39. The molecule has 0 aliphatic heterocycles. The highest BCUT2D eigenvalue weighted by molar-refractivity contribution is 5.79. The van der Waals surface area contributed by atoms with E-state index >= 15 is 0 Å². The van der Waals surface area contributed by atoms with Crippen molar-refractivity contribution in [1.29, 1.82) is 0 Å². The zero-order valence-corrected chi connectivity index (χ0v) is 12.2. The standard InChI is InChI=1S/C12H29N5O/c1-5-18-10-6-8-14-12(16-13)15-11(2)7-9-17(3)4/h11H,5-10,13H2,1-4H3,(H2,14,15,16). The number of hydrazine groups is 1. The first-order valence-electron chi connectivity index (χ1n) is 6.60. The third kappa shape index (κ3) is 10.3. The highest BCUT2D eigenvalue weighted by atomic mass is 16.5. The second-order valence-corrected chi connectivity index (χ2v) is 4.56. The van der Waals surface area contributed by atoms with Crippen LogP contribution in [0.15, 0.2) is 4.99 Å². The van der Waals surface area contributed by atoms with Crippen molar-refractivity contribution in [3.63, 3.8) is 0 Å². The highest BCUT2D eigenvalue weighted by Crippen LogP contribution is 1.92. The SMILES string of the molecule is CCOCCCN=C(NN)NC(C)CCN(C)C. The van der Waals surface area contributed by atoms with Gasteiger partial charge in [-0.15, -0.1) is 0 Å². The van der Waals surface area contributed by atoms with Gasteiger partial charge in [-0.2, -0.15) is 0 Å². The monoisotopic (exact) mass is 259 g/mol. The fourth-order valence-corrected chi connectivity index (χ4v) is 1.39. The minimum atomic E-state index is 0.342. The Kier molecular flexibility index (Phi) is 10.7. The van der Waals surface area contributed by atoms with Gasteiger partial charge in [0.2, 0.25) is 5.96 Å². The van der Waals surface area contributed by atoms with Crippen LogP contribution in [-0.2, 0) is 4.74 Å². The van der Waals surface area contributed by atoms with Crippen LogP contribution < -0.4 is 16.6 Å². The van der Waals surface area contributed by atoms with Crippen LogP contribution in [0.5, 0.6) is 0 Å². The molecule has 0 saturated carbocycles. The zero-order valence-electron chi connectivity index (χ0n) is 12.2. The first kappa shape index (κ1) is 17.2. The molecule has 0 heterocycles. The van der Waals surface area contributed by atoms with E-state index in [0.29, 0.717) is 18.5 Å². The predicted octanol–water partition coefficient (Wildman–Crippen LogP) is 0.162. The maximum atomic E-state index is 5.43. The number of hydrogen-bond donors (Lipinski definition) is 3. The Balaban J connectivity index is 3.82. The number of nitrogens with two attached hydrogens (primary N) is 1. The molecule has 6 heteroatoms. The first-order chi connectivity index (χ1) is 8.60. The largest absolute Gasteiger partial charge is 0.382 e. The van der Waals surface area contributed by atoms with Crippen molar-refractivity contribution in [2.45, 2.75) is 32.7 Å². The molecule has 18 heavy (non-hydrogen) atoms. The van der Waals surface area contributed by atoms with Gasteiger partial charge in [-0.3, -0.25) is 10.4 Å². The Morgan fingerprint density at radius 3 is 2.72 bits per heavy atom. The Bertz CT molecular complexity index is 221. The molecular weight excluding hydrogens is 230 g/mol. The molecule has 4 N–H and O–H groups in total. The van der Waals surface area contributed by atoms with E-state index in [1.165, 1.54) is 0 Å². The van der Waals surface area contributed by atoms with Crippen molar-refractivity contribution >= 4 is 5.96 Å². The molecule has 0 radical (unpaired) electrons. The minimum absolute atomic E-state index is 0.342. The molecular formula is C12H29N5O. The Morgan fingerprint density at radius 2 is 2.17 bits per heavy atom. The van der Waals surface area contributed by atoms with Gasteiger partial charge >= 0.3 is 0 Å². The molecule has 0 aliphatic rings. The molecule has 0 aromatic rings. The summed E-state index contributed by atoms with van der Waals surface area (Å²) in [6.45, 7) is 7.36. The molecule has 0 rings (SSSR count). The van der Waals surface area contributed by atoms with Crippen LogP contribution in [0.3, 0.4) is 0 Å². The van der Waals surface area contributed by atoms with Crippen molar-refractivity contribution < 1.29 is 4.74 Å². The number of nitrogens with one attached hydrogen (secondary N) is 2. The molecule has 0 aromatic heterocycles. The summed E-state index contributed by atoms with van der Waals surface area (Å²) in [5, 5.41) is 3.26. The summed E-state index contributed by atoms with van der Waals surface area (Å²) in [6.07, 6.45) is 1.96. The summed E-state index contributed by atoms with van der Waals surface area (Å²) in [4.78, 5) is 6.52. The number of guanidine groups is 1. The van der Waals surface area contributed by atoms with Crippen molar-refractivity contribution in [2.75, 3.05) is 40.4 Å². The van der Waals surface area contributed by atoms with Crippen LogP contribution in [0.4, 0.5) is 0 Å². The molecule has 0 bridgehead atoms. The van der Waals surface area contributed by atoms with Crippen molar-refractivity contribution in [3.8, 4) is 0 Å². The quantitative estimate of drug-likeness (QED) is 0.181. The van der Waals surface area contributed by atoms with Gasteiger partial charge in [0, 0.05) is 25.8 Å². The van der Waals surface area contributed by atoms with Crippen LogP contribution in [0, 0.1) is 0 Å². The van der Waals surface area contributed by atoms with E-state index < -0.39 is 0 Å². The van der Waals surface area contributed by atoms with Crippen molar-refractivity contribution in [1.82, 2.24) is 15.6 Å². The van der Waals surface area contributed by atoms with E-state index in [-0.39, 0.29) is 0 Å². The third-order valence-electron chi connectivity index (χ3n) is 2.45. The lowest BCUT2D eigenvalue weighted by Gasteiger charge is -2.18. The second-order valence-electron chi connectivity index (χ2n) is 4.56. The second kappa shape index (κ2) is 11.3. The third-order valence-corrected chi connectivity index (χ3v) is 2.45. The lowest BCUT2D eigenvalue weighted by atomic mass is 10.2. The topological polar surface area (TPSA) is 74.9 Å². The predicted molar refractivity (Wildman–Crippen MR) is 76.5 cm³/mol. The van der Waals surface area contributed by atoms with E-state index in [4.69, 9.17) is 10.6 Å². The summed E-state index contributed by atoms with van der Waals surface area (Å²) in [5.74, 6) is 6.08. The minimum Gasteiger partial charge on any atom is -0.382 e. The van der Waals surface area contributed by atoms with E-state index in [1.807, 2.05) is 6.92 Å². The van der Waals surface area contributed by atoms with Crippen LogP contribution >= 0.6 is 0 Å². The van der Waals surface area contributed by atoms with Crippen LogP contribution in [0.1, 0.15) is 26.7 Å². The maximum Gasteiger partial charge on any atom is 0.205 e. The van der Waals surface area contributed by atoms with Crippen molar-refractivity contribution in [2.24, 2.45) is 10.8 Å². The fraction of sp³-hybridized carbons (Fsp3) is 0.917. The number of nitrogens with zero attached hydrogens (tertiary/aromatic N) is 2. The van der Waals surface area contributed by atoms with E-state index in [1.54, 1.807) is 0 Å². The molecule has 0 saturated heterocycles. The Morgan fingerprint density at radius 1 is 1.44 bits per heavy atom. The lowest BCUT2D eigenvalue weighted by molar-refractivity contribution is 0.146. The smallest absolute Gasteiger partial charge is 0.205 e. The Hall–Kier alpha value is -0.850. The van der Waals surface area contributed by atoms with Gasteiger partial charge in [0.05, 0.1) is 0 Å². The van der Waals surface area contributed by atoms with Gasteiger partial charge in [-0.25, -0.2) is 5.84 Å². The summed E-state index contributed by atoms with van der Waals surface area (Å²) < 4.78 is 5.25. The van der Waals surface area contributed by atoms with Gasteiger partial charge in [0.15, 0.2) is 0 Å². The summed E-state index contributed by atoms with van der Waals surface area (Å²) in [5.41, 5.74) is 2.60. The zero-order chi connectivity index (χ0) is 13.8. The van der Waals surface area contributed by atoms with E-state index in [0.717, 1.165) is 32.6 Å². The molecule has 0 fully saturated rings. The number of hydrogen-bond acceptors (Lipinski definition) is 4. The number of rotatable bonds is 9. The van der Waals surface area contributed by atoms with Gasteiger partial charge in [-0.1, -0.05) is 0 Å². The van der Waals surface area contributed by atoms with Crippen molar-refractivity contribution in [3.05, 3.63) is 0 Å². The molecule has 1 atom stereocenters. The molecule has 108 valence electrons. The molecule has 0 aromatic carbocycles. The molecule has 0 spiro atoms. The summed E-state index contributed by atoms with van der Waals surface area (Å²) in [7, 11) is 4.13. The maximum absolute atomic E-state index is 5.43. The Labute approximate surface area is 111 Å². The molecule has 0 amide bonds. The number of ether oxygens (including phenoxy) is 1. The van der Waals surface area contributed by atoms with Gasteiger partial charge in [0.25, 0.3) is 0 Å².